The fraction of sp³-hybridized carbons (Fsp3) is 0.870. The second-order valence-electron chi connectivity index (χ2n) is 10.9. The molecule has 0 aromatic heterocycles. The number of aliphatic hydroxyl groups is 3. The maximum Gasteiger partial charge on any atom is 0.331 e. The van der Waals surface area contributed by atoms with E-state index in [1.807, 2.05) is 0 Å². The summed E-state index contributed by atoms with van der Waals surface area (Å²) in [6.45, 7) is 4.77. The van der Waals surface area contributed by atoms with Crippen LogP contribution in [0.3, 0.4) is 0 Å². The molecule has 4 saturated carbocycles. The predicted molar refractivity (Wildman–Crippen MR) is 103 cm³/mol. The van der Waals surface area contributed by atoms with Crippen molar-refractivity contribution in [2.24, 2.45) is 34.5 Å². The van der Waals surface area contributed by atoms with Crippen LogP contribution in [0.2, 0.25) is 0 Å². The minimum atomic E-state index is -0.906. The zero-order valence-electron chi connectivity index (χ0n) is 17.1. The summed E-state index contributed by atoms with van der Waals surface area (Å²) in [7, 11) is 0. The molecular weight excluding hydrogens is 356 g/mol. The third-order valence-corrected chi connectivity index (χ3v) is 9.92. The van der Waals surface area contributed by atoms with Gasteiger partial charge in [-0.05, 0) is 73.7 Å². The van der Waals surface area contributed by atoms with E-state index >= 15 is 0 Å². The molecule has 0 amide bonds. The SMILES string of the molecule is C[C@]12CC[C@H](O)C[C@@H]1CC[C@@H]1[C@@H]2CC[C@]2(C)[C@H](C3=CC(=O)OC3)[C@H](O)C[C@@]12O. The second-order valence-corrected chi connectivity index (χ2v) is 10.9. The molecule has 5 rings (SSSR count). The van der Waals surface area contributed by atoms with Crippen LogP contribution >= 0.6 is 0 Å². The highest BCUT2D eigenvalue weighted by Gasteiger charge is 2.70. The van der Waals surface area contributed by atoms with Gasteiger partial charge in [0.05, 0.1) is 17.8 Å². The van der Waals surface area contributed by atoms with Crippen LogP contribution in [0.4, 0.5) is 0 Å². The van der Waals surface area contributed by atoms with Crippen molar-refractivity contribution in [1.82, 2.24) is 0 Å². The summed E-state index contributed by atoms with van der Waals surface area (Å²) in [6, 6.07) is 0. The minimum absolute atomic E-state index is 0.170. The van der Waals surface area contributed by atoms with E-state index in [0.717, 1.165) is 50.5 Å². The Kier molecular flexibility index (Phi) is 4.12. The predicted octanol–water partition coefficient (Wildman–Crippen LogP) is 2.58. The van der Waals surface area contributed by atoms with Gasteiger partial charge in [0.15, 0.2) is 0 Å². The first-order valence-electron chi connectivity index (χ1n) is 11.1. The molecular formula is C23H34O5. The summed E-state index contributed by atoms with van der Waals surface area (Å²) in [5.74, 6) is 0.627. The average Bonchev–Trinajstić information content (AvgIpc) is 3.13. The molecule has 9 atom stereocenters. The fourth-order valence-electron chi connectivity index (χ4n) is 8.47. The Morgan fingerprint density at radius 2 is 1.86 bits per heavy atom. The first-order chi connectivity index (χ1) is 13.2. The molecule has 4 aliphatic carbocycles. The maximum absolute atomic E-state index is 12.1. The summed E-state index contributed by atoms with van der Waals surface area (Å²) in [4.78, 5) is 11.7. The van der Waals surface area contributed by atoms with Gasteiger partial charge >= 0.3 is 5.97 Å². The van der Waals surface area contributed by atoms with Gasteiger partial charge in [-0.3, -0.25) is 0 Å². The molecule has 5 aliphatic rings. The monoisotopic (exact) mass is 390 g/mol. The molecule has 5 heteroatoms. The molecule has 0 saturated heterocycles. The number of ether oxygens (including phenoxy) is 1. The lowest BCUT2D eigenvalue weighted by atomic mass is 9.43. The van der Waals surface area contributed by atoms with E-state index in [0.29, 0.717) is 18.3 Å². The zero-order chi connectivity index (χ0) is 19.9. The van der Waals surface area contributed by atoms with E-state index in [4.69, 9.17) is 4.74 Å². The summed E-state index contributed by atoms with van der Waals surface area (Å²) < 4.78 is 5.14. The highest BCUT2D eigenvalue weighted by atomic mass is 16.5. The lowest BCUT2D eigenvalue weighted by Crippen LogP contribution is -2.62. The molecule has 156 valence electrons. The van der Waals surface area contributed by atoms with Crippen molar-refractivity contribution < 1.29 is 24.9 Å². The highest BCUT2D eigenvalue weighted by Crippen LogP contribution is 2.69. The molecule has 1 aliphatic heterocycles. The van der Waals surface area contributed by atoms with Crippen molar-refractivity contribution in [2.75, 3.05) is 6.61 Å². The third kappa shape index (κ3) is 2.33. The Morgan fingerprint density at radius 3 is 2.57 bits per heavy atom. The standard InChI is InChI=1S/C23H34O5/c1-21-7-5-15(24)10-14(21)3-4-17-16(21)6-8-22(2)20(13-9-19(26)28-12-13)18(25)11-23(17,22)27/h9,14-18,20,24-25,27H,3-8,10-12H2,1-2H3/t14-,15-,16-,17+,18+,20+,21-,22+,23+/m0/s1. The first-order valence-corrected chi connectivity index (χ1v) is 11.1. The molecule has 3 N–H and O–H groups in total. The van der Waals surface area contributed by atoms with Crippen molar-refractivity contribution in [2.45, 2.75) is 83.0 Å². The van der Waals surface area contributed by atoms with Crippen LogP contribution in [0.15, 0.2) is 11.6 Å². The van der Waals surface area contributed by atoms with Gasteiger partial charge in [-0.1, -0.05) is 13.8 Å². The van der Waals surface area contributed by atoms with Crippen LogP contribution in [0.5, 0.6) is 0 Å². The van der Waals surface area contributed by atoms with Crippen LogP contribution in [0, 0.1) is 34.5 Å². The molecule has 5 nitrogen and oxygen atoms in total. The topological polar surface area (TPSA) is 87.0 Å². The highest BCUT2D eigenvalue weighted by molar-refractivity contribution is 5.85. The number of hydrogen-bond donors (Lipinski definition) is 3. The molecule has 4 fully saturated rings. The Balaban J connectivity index is 1.50. The van der Waals surface area contributed by atoms with Crippen LogP contribution < -0.4 is 0 Å². The number of fused-ring (bicyclic) bond motifs is 5. The maximum atomic E-state index is 12.1. The third-order valence-electron chi connectivity index (χ3n) is 9.92. The quantitative estimate of drug-likeness (QED) is 0.599. The Bertz CT molecular complexity index is 718. The molecule has 0 aromatic rings. The van der Waals surface area contributed by atoms with E-state index in [2.05, 4.69) is 13.8 Å². The van der Waals surface area contributed by atoms with E-state index < -0.39 is 17.1 Å². The normalized spacial score (nSPS) is 55.8. The van der Waals surface area contributed by atoms with Crippen LogP contribution in [-0.2, 0) is 9.53 Å². The smallest absolute Gasteiger partial charge is 0.331 e. The lowest BCUT2D eigenvalue weighted by Gasteiger charge is -2.63. The number of aliphatic hydroxyl groups excluding tert-OH is 2. The van der Waals surface area contributed by atoms with Gasteiger partial charge in [-0.2, -0.15) is 0 Å². The van der Waals surface area contributed by atoms with Crippen molar-refractivity contribution in [1.29, 1.82) is 0 Å². The van der Waals surface area contributed by atoms with Crippen molar-refractivity contribution in [3.63, 3.8) is 0 Å². The van der Waals surface area contributed by atoms with Crippen molar-refractivity contribution >= 4 is 5.97 Å². The average molecular weight is 391 g/mol. The van der Waals surface area contributed by atoms with E-state index in [-0.39, 0.29) is 35.9 Å². The largest absolute Gasteiger partial charge is 0.458 e. The summed E-state index contributed by atoms with van der Waals surface area (Å²) in [5, 5.41) is 33.3. The van der Waals surface area contributed by atoms with Crippen molar-refractivity contribution in [3.8, 4) is 0 Å². The van der Waals surface area contributed by atoms with Gasteiger partial charge in [0.1, 0.15) is 6.61 Å². The Morgan fingerprint density at radius 1 is 1.07 bits per heavy atom. The zero-order valence-corrected chi connectivity index (χ0v) is 17.1. The minimum Gasteiger partial charge on any atom is -0.458 e. The summed E-state index contributed by atoms with van der Waals surface area (Å²) in [5.41, 5.74) is -0.301. The van der Waals surface area contributed by atoms with E-state index in [1.54, 1.807) is 0 Å². The fourth-order valence-corrected chi connectivity index (χ4v) is 8.47. The summed E-state index contributed by atoms with van der Waals surface area (Å²) in [6.07, 6.45) is 7.87. The van der Waals surface area contributed by atoms with E-state index in [1.165, 1.54) is 6.08 Å². The molecule has 0 unspecified atom stereocenters. The van der Waals surface area contributed by atoms with Crippen LogP contribution in [0.1, 0.15) is 65.2 Å². The number of carbonyl (C=O) groups excluding carboxylic acids is 1. The van der Waals surface area contributed by atoms with Gasteiger partial charge in [0.25, 0.3) is 0 Å². The lowest BCUT2D eigenvalue weighted by molar-refractivity contribution is -0.208. The van der Waals surface area contributed by atoms with Gasteiger partial charge in [0, 0.05) is 23.8 Å². The van der Waals surface area contributed by atoms with Crippen molar-refractivity contribution in [3.05, 3.63) is 11.6 Å². The molecule has 0 spiro atoms. The Hall–Kier alpha value is -0.910. The Labute approximate surface area is 167 Å². The van der Waals surface area contributed by atoms with Crippen LogP contribution in [0.25, 0.3) is 0 Å². The van der Waals surface area contributed by atoms with Gasteiger partial charge in [-0.15, -0.1) is 0 Å². The van der Waals surface area contributed by atoms with E-state index in [9.17, 15) is 20.1 Å². The molecule has 0 aromatic carbocycles. The molecule has 28 heavy (non-hydrogen) atoms. The number of carbonyl (C=O) groups is 1. The molecule has 0 bridgehead atoms. The van der Waals surface area contributed by atoms with Gasteiger partial charge in [-0.25, -0.2) is 4.79 Å². The number of rotatable bonds is 1. The number of esters is 1. The van der Waals surface area contributed by atoms with Crippen LogP contribution in [-0.4, -0.2) is 45.7 Å². The number of hydrogen-bond acceptors (Lipinski definition) is 5. The summed E-state index contributed by atoms with van der Waals surface area (Å²) >= 11 is 0. The van der Waals surface area contributed by atoms with Gasteiger partial charge in [0.2, 0.25) is 0 Å². The number of cyclic esters (lactones) is 1. The molecule has 0 radical (unpaired) electrons. The second kappa shape index (κ2) is 6.05. The molecule has 1 heterocycles. The first kappa shape index (κ1) is 19.1. The van der Waals surface area contributed by atoms with Gasteiger partial charge < -0.3 is 20.1 Å².